The predicted octanol–water partition coefficient (Wildman–Crippen LogP) is 3.97. The first kappa shape index (κ1) is 16.1. The summed E-state index contributed by atoms with van der Waals surface area (Å²) in [7, 11) is 0. The second-order valence-corrected chi connectivity index (χ2v) is 7.67. The summed E-state index contributed by atoms with van der Waals surface area (Å²) in [6.07, 6.45) is 1.05. The largest absolute Gasteiger partial charge is 0.494 e. The average Bonchev–Trinajstić information content (AvgIpc) is 2.52. The Hall–Kier alpha value is -0.320. The molecule has 4 heteroatoms. The van der Waals surface area contributed by atoms with Crippen molar-refractivity contribution >= 4 is 23.5 Å². The molecule has 0 saturated carbocycles. The van der Waals surface area contributed by atoms with E-state index < -0.39 is 0 Å². The third kappa shape index (κ3) is 5.23. The maximum Gasteiger partial charge on any atom is 0.119 e. The first-order valence-corrected chi connectivity index (χ1v) is 9.65. The minimum atomic E-state index is 0.405. The Morgan fingerprint density at radius 2 is 2.10 bits per heavy atom. The van der Waals surface area contributed by atoms with Crippen molar-refractivity contribution in [2.45, 2.75) is 31.6 Å². The smallest absolute Gasteiger partial charge is 0.119 e. The summed E-state index contributed by atoms with van der Waals surface area (Å²) in [5.41, 5.74) is 1.34. The molecule has 1 N–H and O–H groups in total. The number of hydrogen-bond donors (Lipinski definition) is 1. The predicted molar refractivity (Wildman–Crippen MR) is 92.2 cm³/mol. The third-order valence-corrected chi connectivity index (χ3v) is 6.23. The van der Waals surface area contributed by atoms with Crippen LogP contribution in [0, 0.1) is 0 Å². The molecule has 20 heavy (non-hydrogen) atoms. The third-order valence-electron chi connectivity index (χ3n) is 3.39. The van der Waals surface area contributed by atoms with Crippen LogP contribution in [0.2, 0.25) is 0 Å². The Morgan fingerprint density at radius 3 is 2.75 bits per heavy atom. The molecule has 0 aliphatic carbocycles. The summed E-state index contributed by atoms with van der Waals surface area (Å²) in [4.78, 5) is 0. The molecule has 0 spiro atoms. The fourth-order valence-electron chi connectivity index (χ4n) is 2.15. The van der Waals surface area contributed by atoms with Gasteiger partial charge in [-0.05, 0) is 31.0 Å². The summed E-state index contributed by atoms with van der Waals surface area (Å²) in [5.74, 6) is 4.88. The van der Waals surface area contributed by atoms with E-state index in [1.54, 1.807) is 0 Å². The van der Waals surface area contributed by atoms with Crippen LogP contribution < -0.4 is 10.1 Å². The van der Waals surface area contributed by atoms with Gasteiger partial charge in [-0.2, -0.15) is 23.5 Å². The Bertz CT molecular complexity index is 377. The lowest BCUT2D eigenvalue weighted by molar-refractivity contribution is 0.317. The number of nitrogens with one attached hydrogen (secondary N) is 1. The maximum absolute atomic E-state index is 5.62. The lowest BCUT2D eigenvalue weighted by Crippen LogP contribution is -2.30. The highest BCUT2D eigenvalue weighted by molar-refractivity contribution is 8.06. The van der Waals surface area contributed by atoms with Gasteiger partial charge in [0, 0.05) is 35.1 Å². The molecule has 1 fully saturated rings. The highest BCUT2D eigenvalue weighted by atomic mass is 32.2. The van der Waals surface area contributed by atoms with Crippen molar-refractivity contribution in [1.29, 1.82) is 0 Å². The highest BCUT2D eigenvalue weighted by Crippen LogP contribution is 2.24. The first-order valence-electron chi connectivity index (χ1n) is 7.45. The molecule has 2 atom stereocenters. The molecule has 112 valence electrons. The van der Waals surface area contributed by atoms with Gasteiger partial charge < -0.3 is 10.1 Å². The molecule has 1 aromatic rings. The van der Waals surface area contributed by atoms with Crippen molar-refractivity contribution < 1.29 is 4.74 Å². The molecule has 1 aromatic carbocycles. The fraction of sp³-hybridized carbons (Fsp3) is 0.625. The van der Waals surface area contributed by atoms with Gasteiger partial charge in [0.15, 0.2) is 0 Å². The van der Waals surface area contributed by atoms with Crippen molar-refractivity contribution in [3.05, 3.63) is 29.8 Å². The number of benzene rings is 1. The average molecular weight is 312 g/mol. The van der Waals surface area contributed by atoms with Crippen molar-refractivity contribution in [3.8, 4) is 5.75 Å². The van der Waals surface area contributed by atoms with Crippen LogP contribution in [0.3, 0.4) is 0 Å². The molecule has 0 amide bonds. The summed E-state index contributed by atoms with van der Waals surface area (Å²) in [5, 5.41) is 4.42. The van der Waals surface area contributed by atoms with Crippen molar-refractivity contribution in [1.82, 2.24) is 5.32 Å². The molecule has 1 aliphatic heterocycles. The van der Waals surface area contributed by atoms with Crippen molar-refractivity contribution in [2.24, 2.45) is 0 Å². The topological polar surface area (TPSA) is 21.3 Å². The number of ether oxygens (including phenoxy) is 1. The molecular weight excluding hydrogens is 286 g/mol. The van der Waals surface area contributed by atoms with Gasteiger partial charge in [-0.3, -0.25) is 0 Å². The van der Waals surface area contributed by atoms with Crippen LogP contribution in [0.1, 0.15) is 31.9 Å². The van der Waals surface area contributed by atoms with E-state index in [1.165, 1.54) is 22.8 Å². The summed E-state index contributed by atoms with van der Waals surface area (Å²) >= 11 is 4.19. The van der Waals surface area contributed by atoms with Crippen LogP contribution in [0.25, 0.3) is 0 Å². The monoisotopic (exact) mass is 311 g/mol. The van der Waals surface area contributed by atoms with E-state index in [0.717, 1.165) is 30.6 Å². The molecule has 2 rings (SSSR count). The quantitative estimate of drug-likeness (QED) is 0.822. The van der Waals surface area contributed by atoms with Crippen molar-refractivity contribution in [2.75, 3.05) is 30.4 Å². The van der Waals surface area contributed by atoms with Gasteiger partial charge in [0.1, 0.15) is 5.75 Å². The minimum Gasteiger partial charge on any atom is -0.494 e. The zero-order valence-electron chi connectivity index (χ0n) is 12.4. The SMILES string of the molecule is CCCOc1ccc(C(C)NCC2CSCCS2)cc1. The minimum absolute atomic E-state index is 0.405. The van der Waals surface area contributed by atoms with Gasteiger partial charge in [0.05, 0.1) is 6.61 Å². The van der Waals surface area contributed by atoms with E-state index in [2.05, 4.69) is 67.0 Å². The van der Waals surface area contributed by atoms with Crippen LogP contribution in [0.4, 0.5) is 0 Å². The van der Waals surface area contributed by atoms with Gasteiger partial charge in [-0.1, -0.05) is 19.1 Å². The second kappa shape index (κ2) is 8.85. The van der Waals surface area contributed by atoms with Crippen LogP contribution in [-0.4, -0.2) is 35.7 Å². The fourth-order valence-corrected chi connectivity index (χ4v) is 4.78. The van der Waals surface area contributed by atoms with Crippen LogP contribution in [0.5, 0.6) is 5.75 Å². The highest BCUT2D eigenvalue weighted by Gasteiger charge is 2.15. The van der Waals surface area contributed by atoms with Crippen LogP contribution in [-0.2, 0) is 0 Å². The normalized spacial score (nSPS) is 20.6. The Labute approximate surface area is 131 Å². The summed E-state index contributed by atoms with van der Waals surface area (Å²) in [6.45, 7) is 6.26. The van der Waals surface area contributed by atoms with Crippen molar-refractivity contribution in [3.63, 3.8) is 0 Å². The zero-order valence-corrected chi connectivity index (χ0v) is 14.1. The molecule has 2 unspecified atom stereocenters. The molecule has 1 aliphatic rings. The molecule has 0 bridgehead atoms. The van der Waals surface area contributed by atoms with Gasteiger partial charge in [0.25, 0.3) is 0 Å². The van der Waals surface area contributed by atoms with Gasteiger partial charge >= 0.3 is 0 Å². The van der Waals surface area contributed by atoms with E-state index in [-0.39, 0.29) is 0 Å². The van der Waals surface area contributed by atoms with Crippen LogP contribution in [0.15, 0.2) is 24.3 Å². The molecule has 1 heterocycles. The van der Waals surface area contributed by atoms with E-state index in [0.29, 0.717) is 6.04 Å². The summed E-state index contributed by atoms with van der Waals surface area (Å²) in [6, 6.07) is 8.90. The summed E-state index contributed by atoms with van der Waals surface area (Å²) < 4.78 is 5.62. The molecule has 0 radical (unpaired) electrons. The van der Waals surface area contributed by atoms with Gasteiger partial charge in [-0.25, -0.2) is 0 Å². The Kier molecular flexibility index (Phi) is 7.11. The first-order chi connectivity index (χ1) is 9.79. The molecule has 2 nitrogen and oxygen atoms in total. The Balaban J connectivity index is 1.77. The lowest BCUT2D eigenvalue weighted by Gasteiger charge is -2.23. The van der Waals surface area contributed by atoms with Gasteiger partial charge in [-0.15, -0.1) is 0 Å². The standard InChI is InChI=1S/C16H25NOS2/c1-3-8-18-15-6-4-14(5-7-15)13(2)17-11-16-12-19-9-10-20-16/h4-7,13,16-17H,3,8-12H2,1-2H3. The molecule has 1 saturated heterocycles. The molecule has 0 aromatic heterocycles. The van der Waals surface area contributed by atoms with E-state index in [4.69, 9.17) is 4.74 Å². The number of hydrogen-bond acceptors (Lipinski definition) is 4. The lowest BCUT2D eigenvalue weighted by atomic mass is 10.1. The zero-order chi connectivity index (χ0) is 14.2. The number of rotatable bonds is 7. The van der Waals surface area contributed by atoms with E-state index in [9.17, 15) is 0 Å². The van der Waals surface area contributed by atoms with E-state index >= 15 is 0 Å². The maximum atomic E-state index is 5.62. The van der Waals surface area contributed by atoms with Crippen LogP contribution >= 0.6 is 23.5 Å². The molecular formula is C16H25NOS2. The van der Waals surface area contributed by atoms with Gasteiger partial charge in [0.2, 0.25) is 0 Å². The second-order valence-electron chi connectivity index (χ2n) is 5.12. The van der Waals surface area contributed by atoms with E-state index in [1.807, 2.05) is 0 Å². The number of thioether (sulfide) groups is 2. The Morgan fingerprint density at radius 1 is 1.30 bits per heavy atom.